The molecule has 1 aromatic heterocycles. The van der Waals surface area contributed by atoms with Gasteiger partial charge in [-0.1, -0.05) is 23.2 Å². The van der Waals surface area contributed by atoms with Gasteiger partial charge in [-0.2, -0.15) is 10.2 Å². The van der Waals surface area contributed by atoms with E-state index in [4.69, 9.17) is 25.7 Å². The van der Waals surface area contributed by atoms with Crippen molar-refractivity contribution in [2.45, 2.75) is 26.4 Å². The van der Waals surface area contributed by atoms with Crippen LogP contribution in [-0.4, -0.2) is 34.2 Å². The van der Waals surface area contributed by atoms with Gasteiger partial charge in [0.2, 0.25) is 11.8 Å². The molecule has 28 heavy (non-hydrogen) atoms. The molecule has 3 rings (SSSR count). The molecule has 2 aromatic rings. The average Bonchev–Trinajstić information content (AvgIpc) is 2.95. The predicted octanol–water partition coefficient (Wildman–Crippen LogP) is 1.81. The molecular weight excluding hydrogens is 386 g/mol. The number of benzene rings is 1. The van der Waals surface area contributed by atoms with Gasteiger partial charge in [-0.3, -0.25) is 0 Å². The molecule has 0 saturated carbocycles. The van der Waals surface area contributed by atoms with Gasteiger partial charge in [0, 0.05) is 13.0 Å². The Kier molecular flexibility index (Phi) is 5.86. The smallest absolute Gasteiger partial charge is 0.405 e. The van der Waals surface area contributed by atoms with Crippen LogP contribution in [0, 0.1) is 11.3 Å². The largest absolute Gasteiger partial charge is 0.556 e. The summed E-state index contributed by atoms with van der Waals surface area (Å²) in [7, 11) is 0. The van der Waals surface area contributed by atoms with Crippen molar-refractivity contribution >= 4 is 29.6 Å². The quantitative estimate of drug-likeness (QED) is 0.530. The van der Waals surface area contributed by atoms with Crippen molar-refractivity contribution in [2.75, 3.05) is 6.61 Å². The fourth-order valence-corrected chi connectivity index (χ4v) is 2.94. The van der Waals surface area contributed by atoms with Crippen LogP contribution in [0.25, 0.3) is 0 Å². The minimum absolute atomic E-state index is 0.0332. The van der Waals surface area contributed by atoms with Crippen LogP contribution < -0.4 is 14.9 Å². The maximum absolute atomic E-state index is 11.0. The molecule has 0 atom stereocenters. The lowest BCUT2D eigenvalue weighted by atomic mass is 9.71. The number of Topliss-reactive ketones (excluding diaryl/α,β-unsaturated/α-hetero) is 1. The summed E-state index contributed by atoms with van der Waals surface area (Å²) in [5.41, 5.74) is 1.02. The molecule has 0 fully saturated rings. The Morgan fingerprint density at radius 3 is 2.89 bits per heavy atom. The molecule has 2 N–H and O–H groups in total. The number of hydrogen-bond acceptors (Lipinski definition) is 8. The zero-order chi connectivity index (χ0) is 20.3. The maximum Gasteiger partial charge on any atom is 0.405 e. The van der Waals surface area contributed by atoms with E-state index in [2.05, 4.69) is 4.98 Å². The number of carbonyl (C=O) groups excluding carboxylic acids is 1. The molecule has 146 valence electrons. The second kappa shape index (κ2) is 8.16. The highest BCUT2D eigenvalue weighted by Gasteiger charge is 2.31. The predicted molar refractivity (Wildman–Crippen MR) is 101 cm³/mol. The van der Waals surface area contributed by atoms with Crippen molar-refractivity contribution in [1.82, 2.24) is 4.98 Å². The Balaban J connectivity index is 1.79. The van der Waals surface area contributed by atoms with E-state index in [-0.39, 0.29) is 41.3 Å². The lowest BCUT2D eigenvalue weighted by Gasteiger charge is -2.22. The molecule has 0 amide bonds. The molecule has 1 aliphatic rings. The van der Waals surface area contributed by atoms with Crippen molar-refractivity contribution in [3.8, 4) is 23.6 Å². The van der Waals surface area contributed by atoms with Crippen LogP contribution in [0.15, 0.2) is 24.3 Å². The van der Waals surface area contributed by atoms with E-state index in [0.29, 0.717) is 29.6 Å². The highest BCUT2D eigenvalue weighted by atomic mass is 35.5. The maximum atomic E-state index is 11.0. The van der Waals surface area contributed by atoms with E-state index in [9.17, 15) is 20.1 Å². The topological polar surface area (TPSA) is 122 Å². The van der Waals surface area contributed by atoms with E-state index >= 15 is 0 Å². The number of hydrogen-bond donors (Lipinski definition) is 2. The first-order chi connectivity index (χ1) is 13.3. The molecular formula is C18H17BClN2O6-. The molecule has 8 nitrogen and oxygen atoms in total. The van der Waals surface area contributed by atoms with Crippen molar-refractivity contribution in [3.63, 3.8) is 0 Å². The summed E-state index contributed by atoms with van der Waals surface area (Å²) in [6, 6.07) is 7.96. The SMILES string of the molecule is CC(=O)CCCOc1nc(Oc2ccc3c(c2)CO[B-]3(O)O)c(Cl)cc1C#N. The third-order valence-corrected chi connectivity index (χ3v) is 4.42. The fourth-order valence-electron chi connectivity index (χ4n) is 2.75. The van der Waals surface area contributed by atoms with E-state index in [1.165, 1.54) is 25.1 Å². The van der Waals surface area contributed by atoms with Crippen LogP contribution in [0.2, 0.25) is 5.02 Å². The summed E-state index contributed by atoms with van der Waals surface area (Å²) in [5.74, 6) is 0.500. The molecule has 0 unspecified atom stereocenters. The number of ether oxygens (including phenoxy) is 2. The Bertz CT molecular complexity index is 960. The van der Waals surface area contributed by atoms with E-state index in [0.717, 1.165) is 0 Å². The van der Waals surface area contributed by atoms with Gasteiger partial charge in [0.1, 0.15) is 28.2 Å². The zero-order valence-corrected chi connectivity index (χ0v) is 15.8. The first-order valence-corrected chi connectivity index (χ1v) is 8.94. The van der Waals surface area contributed by atoms with Gasteiger partial charge in [-0.05, 0) is 31.5 Å². The molecule has 0 spiro atoms. The molecule has 1 aromatic carbocycles. The molecule has 0 bridgehead atoms. The Morgan fingerprint density at radius 2 is 2.18 bits per heavy atom. The molecule has 1 aliphatic heterocycles. The molecule has 2 heterocycles. The number of rotatable bonds is 7. The summed E-state index contributed by atoms with van der Waals surface area (Å²) in [4.78, 5) is 15.2. The molecule has 0 aliphatic carbocycles. The van der Waals surface area contributed by atoms with E-state index in [1.54, 1.807) is 6.07 Å². The number of aromatic nitrogens is 1. The fraction of sp³-hybridized carbons (Fsp3) is 0.278. The van der Waals surface area contributed by atoms with Crippen LogP contribution in [0.3, 0.4) is 0 Å². The van der Waals surface area contributed by atoms with Gasteiger partial charge in [-0.15, -0.1) is 5.46 Å². The summed E-state index contributed by atoms with van der Waals surface area (Å²) in [5, 5.41) is 28.9. The third-order valence-electron chi connectivity index (χ3n) is 4.15. The normalized spacial score (nSPS) is 14.2. The van der Waals surface area contributed by atoms with E-state index in [1.807, 2.05) is 6.07 Å². The lowest BCUT2D eigenvalue weighted by molar-refractivity contribution is -0.117. The lowest BCUT2D eigenvalue weighted by Crippen LogP contribution is -2.47. The summed E-state index contributed by atoms with van der Waals surface area (Å²) in [6.45, 7) is -1.24. The second-order valence-corrected chi connectivity index (χ2v) is 6.78. The third kappa shape index (κ3) is 4.43. The number of nitrogens with zero attached hydrogens (tertiary/aromatic N) is 2. The number of ketones is 1. The number of pyridine rings is 1. The second-order valence-electron chi connectivity index (χ2n) is 6.37. The van der Waals surface area contributed by atoms with Crippen molar-refractivity contribution in [3.05, 3.63) is 40.4 Å². The first-order valence-electron chi connectivity index (χ1n) is 8.57. The number of halogens is 1. The van der Waals surface area contributed by atoms with Crippen molar-refractivity contribution < 1.29 is 29.0 Å². The summed E-state index contributed by atoms with van der Waals surface area (Å²) >= 11 is 6.16. The van der Waals surface area contributed by atoms with E-state index < -0.39 is 6.75 Å². The molecule has 0 radical (unpaired) electrons. The van der Waals surface area contributed by atoms with Gasteiger partial charge in [-0.25, -0.2) is 0 Å². The summed E-state index contributed by atoms with van der Waals surface area (Å²) in [6.07, 6.45) is 0.867. The van der Waals surface area contributed by atoms with Gasteiger partial charge in [0.15, 0.2) is 0 Å². The molecule has 10 heteroatoms. The highest BCUT2D eigenvalue weighted by molar-refractivity contribution is 6.74. The highest BCUT2D eigenvalue weighted by Crippen LogP contribution is 2.33. The van der Waals surface area contributed by atoms with Crippen LogP contribution in [0.5, 0.6) is 17.5 Å². The van der Waals surface area contributed by atoms with Gasteiger partial charge in [0.25, 0.3) is 0 Å². The number of fused-ring (bicyclic) bond motifs is 1. The Labute approximate surface area is 166 Å². The van der Waals surface area contributed by atoms with Gasteiger partial charge in [0.05, 0.1) is 6.61 Å². The Morgan fingerprint density at radius 1 is 1.39 bits per heavy atom. The average molecular weight is 404 g/mol. The Hall–Kier alpha value is -2.64. The van der Waals surface area contributed by atoms with Crippen molar-refractivity contribution in [2.24, 2.45) is 0 Å². The van der Waals surface area contributed by atoms with Gasteiger partial charge >= 0.3 is 6.75 Å². The van der Waals surface area contributed by atoms with Crippen LogP contribution in [-0.2, 0) is 16.1 Å². The van der Waals surface area contributed by atoms with Gasteiger partial charge < -0.3 is 29.0 Å². The summed E-state index contributed by atoms with van der Waals surface area (Å²) < 4.78 is 16.2. The standard InChI is InChI=1S/C18H17BClN2O6/c1-11(23)3-2-6-26-17-12(9-21)8-16(20)18(22-17)28-14-4-5-15-13(7-14)10-27-19(15,24)25/h4-5,7-8,24-25H,2-3,6,10H2,1H3/q-1. The monoisotopic (exact) mass is 403 g/mol. The first kappa shape index (κ1) is 20.1. The van der Waals surface area contributed by atoms with Crippen LogP contribution in [0.1, 0.15) is 30.9 Å². The zero-order valence-electron chi connectivity index (χ0n) is 15.0. The number of carbonyl (C=O) groups is 1. The van der Waals surface area contributed by atoms with Crippen molar-refractivity contribution in [1.29, 1.82) is 5.26 Å². The minimum atomic E-state index is -2.99. The minimum Gasteiger partial charge on any atom is -0.556 e. The van der Waals surface area contributed by atoms with Crippen LogP contribution >= 0.6 is 11.6 Å². The van der Waals surface area contributed by atoms with Crippen LogP contribution in [0.4, 0.5) is 0 Å². The number of nitriles is 1. The molecule has 0 saturated heterocycles.